The number of benzene rings is 1. The Balaban J connectivity index is 2.14. The van der Waals surface area contributed by atoms with Crippen LogP contribution in [0.25, 0.3) is 0 Å². The zero-order valence-corrected chi connectivity index (χ0v) is 11.7. The van der Waals surface area contributed by atoms with E-state index in [1.807, 2.05) is 12.1 Å². The molecule has 2 nitrogen and oxygen atoms in total. The summed E-state index contributed by atoms with van der Waals surface area (Å²) in [7, 11) is -0.712. The first-order valence-electron chi connectivity index (χ1n) is 5.53. The second-order valence-corrected chi connectivity index (χ2v) is 7.02. The molecule has 1 aliphatic rings. The van der Waals surface area contributed by atoms with Gasteiger partial charge in [-0.25, -0.2) is 0 Å². The summed E-state index contributed by atoms with van der Waals surface area (Å²) >= 11 is 3.43. The van der Waals surface area contributed by atoms with Crippen molar-refractivity contribution in [2.45, 2.75) is 24.6 Å². The molecule has 1 aliphatic heterocycles. The molecule has 0 spiro atoms. The van der Waals surface area contributed by atoms with E-state index < -0.39 is 10.8 Å². The molecule has 3 unspecified atom stereocenters. The predicted octanol–water partition coefficient (Wildman–Crippen LogP) is 2.62. The van der Waals surface area contributed by atoms with Crippen LogP contribution in [-0.2, 0) is 10.8 Å². The molecule has 16 heavy (non-hydrogen) atoms. The Bertz CT molecular complexity index is 379. The first kappa shape index (κ1) is 12.3. The summed E-state index contributed by atoms with van der Waals surface area (Å²) in [4.78, 5) is 0. The zero-order chi connectivity index (χ0) is 11.5. The van der Waals surface area contributed by atoms with Crippen molar-refractivity contribution < 1.29 is 4.21 Å². The standard InChI is InChI=1S/C12H16BrNOS/c1-9-6-7-14-12(8-16(9)15)10-2-4-11(13)5-3-10/h2-5,9,12,14H,6-8H2,1H3. The summed E-state index contributed by atoms with van der Waals surface area (Å²) in [6.45, 7) is 3.02. The third kappa shape index (κ3) is 2.93. The van der Waals surface area contributed by atoms with E-state index >= 15 is 0 Å². The van der Waals surface area contributed by atoms with E-state index in [0.29, 0.717) is 5.25 Å². The van der Waals surface area contributed by atoms with Gasteiger partial charge in [-0.15, -0.1) is 0 Å². The molecule has 3 atom stereocenters. The van der Waals surface area contributed by atoms with Crippen molar-refractivity contribution >= 4 is 26.7 Å². The van der Waals surface area contributed by atoms with Crippen LogP contribution in [0.3, 0.4) is 0 Å². The lowest BCUT2D eigenvalue weighted by Gasteiger charge is -2.15. The van der Waals surface area contributed by atoms with Crippen molar-refractivity contribution in [3.63, 3.8) is 0 Å². The highest BCUT2D eigenvalue weighted by molar-refractivity contribution is 9.10. The van der Waals surface area contributed by atoms with Gasteiger partial charge in [-0.1, -0.05) is 35.0 Å². The monoisotopic (exact) mass is 301 g/mol. The summed E-state index contributed by atoms with van der Waals surface area (Å²) in [6, 6.07) is 8.49. The SMILES string of the molecule is CC1CCNC(c2ccc(Br)cc2)CS1=O. The molecule has 88 valence electrons. The van der Waals surface area contributed by atoms with Crippen LogP contribution in [0, 0.1) is 0 Å². The maximum Gasteiger partial charge on any atom is 0.0436 e. The molecule has 1 aromatic carbocycles. The van der Waals surface area contributed by atoms with Crippen LogP contribution >= 0.6 is 15.9 Å². The lowest BCUT2D eigenvalue weighted by Crippen LogP contribution is -2.23. The predicted molar refractivity (Wildman–Crippen MR) is 72.0 cm³/mol. The van der Waals surface area contributed by atoms with Gasteiger partial charge in [0.1, 0.15) is 0 Å². The highest BCUT2D eigenvalue weighted by Crippen LogP contribution is 2.21. The van der Waals surface area contributed by atoms with Crippen molar-refractivity contribution in [1.29, 1.82) is 0 Å². The molecular formula is C12H16BrNOS. The van der Waals surface area contributed by atoms with Crippen LogP contribution in [0.4, 0.5) is 0 Å². The summed E-state index contributed by atoms with van der Waals surface area (Å²) in [5, 5.41) is 3.78. The summed E-state index contributed by atoms with van der Waals surface area (Å²) in [6.07, 6.45) is 1.000. The van der Waals surface area contributed by atoms with E-state index in [4.69, 9.17) is 0 Å². The minimum absolute atomic E-state index is 0.235. The fourth-order valence-electron chi connectivity index (χ4n) is 1.89. The minimum atomic E-state index is -0.712. The molecule has 4 heteroatoms. The Morgan fingerprint density at radius 2 is 2.06 bits per heavy atom. The van der Waals surface area contributed by atoms with Gasteiger partial charge in [0.2, 0.25) is 0 Å². The van der Waals surface area contributed by atoms with Gasteiger partial charge in [0.25, 0.3) is 0 Å². The van der Waals surface area contributed by atoms with E-state index in [0.717, 1.165) is 23.2 Å². The van der Waals surface area contributed by atoms with E-state index in [2.05, 4.69) is 40.3 Å². The molecule has 2 rings (SSSR count). The molecule has 0 aromatic heterocycles. The number of nitrogens with one attached hydrogen (secondary N) is 1. The third-order valence-electron chi connectivity index (χ3n) is 2.99. The molecule has 0 saturated carbocycles. The average Bonchev–Trinajstić information content (AvgIpc) is 2.43. The first-order valence-corrected chi connectivity index (χ1v) is 7.70. The van der Waals surface area contributed by atoms with E-state index in [9.17, 15) is 4.21 Å². The molecule has 1 fully saturated rings. The summed E-state index contributed by atoms with van der Waals surface area (Å²) in [5.74, 6) is 0.725. The normalized spacial score (nSPS) is 31.0. The Hall–Kier alpha value is -0.190. The van der Waals surface area contributed by atoms with Crippen LogP contribution in [-0.4, -0.2) is 21.8 Å². The third-order valence-corrected chi connectivity index (χ3v) is 5.32. The molecule has 0 bridgehead atoms. The molecule has 1 aromatic rings. The minimum Gasteiger partial charge on any atom is -0.309 e. The second kappa shape index (κ2) is 5.43. The van der Waals surface area contributed by atoms with Gasteiger partial charge in [-0.05, 0) is 30.7 Å². The van der Waals surface area contributed by atoms with Crippen LogP contribution in [0.1, 0.15) is 24.9 Å². The van der Waals surface area contributed by atoms with Crippen molar-refractivity contribution in [3.8, 4) is 0 Å². The highest BCUT2D eigenvalue weighted by atomic mass is 79.9. The number of rotatable bonds is 1. The van der Waals surface area contributed by atoms with Crippen LogP contribution in [0.15, 0.2) is 28.7 Å². The van der Waals surface area contributed by atoms with Gasteiger partial charge in [-0.2, -0.15) is 0 Å². The van der Waals surface area contributed by atoms with Gasteiger partial charge < -0.3 is 5.32 Å². The Morgan fingerprint density at radius 1 is 1.38 bits per heavy atom. The molecule has 0 amide bonds. The number of hydrogen-bond acceptors (Lipinski definition) is 2. The molecule has 0 radical (unpaired) electrons. The maximum absolute atomic E-state index is 11.9. The zero-order valence-electron chi connectivity index (χ0n) is 9.28. The number of halogens is 1. The Labute approximate surface area is 107 Å². The van der Waals surface area contributed by atoms with Crippen molar-refractivity contribution in [1.82, 2.24) is 5.32 Å². The van der Waals surface area contributed by atoms with Crippen molar-refractivity contribution in [2.24, 2.45) is 0 Å². The molecule has 1 heterocycles. The van der Waals surface area contributed by atoms with E-state index in [1.54, 1.807) is 0 Å². The Morgan fingerprint density at radius 3 is 2.75 bits per heavy atom. The smallest absolute Gasteiger partial charge is 0.0436 e. The maximum atomic E-state index is 11.9. The topological polar surface area (TPSA) is 29.1 Å². The quantitative estimate of drug-likeness (QED) is 0.864. The van der Waals surface area contributed by atoms with Gasteiger partial charge in [0.05, 0.1) is 0 Å². The summed E-state index contributed by atoms with van der Waals surface area (Å²) in [5.41, 5.74) is 1.23. The van der Waals surface area contributed by atoms with Crippen LogP contribution < -0.4 is 5.32 Å². The van der Waals surface area contributed by atoms with E-state index in [1.165, 1.54) is 5.56 Å². The summed E-state index contributed by atoms with van der Waals surface area (Å²) < 4.78 is 13.0. The molecule has 0 aliphatic carbocycles. The fraction of sp³-hybridized carbons (Fsp3) is 0.500. The Kier molecular flexibility index (Phi) is 4.16. The molecule has 1 N–H and O–H groups in total. The van der Waals surface area contributed by atoms with Crippen LogP contribution in [0.5, 0.6) is 0 Å². The lowest BCUT2D eigenvalue weighted by molar-refractivity contribution is 0.578. The van der Waals surface area contributed by atoms with Gasteiger partial charge >= 0.3 is 0 Å². The lowest BCUT2D eigenvalue weighted by atomic mass is 10.1. The van der Waals surface area contributed by atoms with E-state index in [-0.39, 0.29) is 6.04 Å². The number of hydrogen-bond donors (Lipinski definition) is 1. The van der Waals surface area contributed by atoms with Gasteiger partial charge in [0, 0.05) is 32.3 Å². The fourth-order valence-corrected chi connectivity index (χ4v) is 3.50. The van der Waals surface area contributed by atoms with Crippen molar-refractivity contribution in [3.05, 3.63) is 34.3 Å². The van der Waals surface area contributed by atoms with Crippen LogP contribution in [0.2, 0.25) is 0 Å². The van der Waals surface area contributed by atoms with Gasteiger partial charge in [0.15, 0.2) is 0 Å². The highest BCUT2D eigenvalue weighted by Gasteiger charge is 2.22. The van der Waals surface area contributed by atoms with Crippen molar-refractivity contribution in [2.75, 3.05) is 12.3 Å². The van der Waals surface area contributed by atoms with Gasteiger partial charge in [-0.3, -0.25) is 4.21 Å². The average molecular weight is 302 g/mol. The molecular weight excluding hydrogens is 286 g/mol. The second-order valence-electron chi connectivity index (χ2n) is 4.20. The largest absolute Gasteiger partial charge is 0.309 e. The molecule has 1 saturated heterocycles. The first-order chi connectivity index (χ1) is 7.66.